The van der Waals surface area contributed by atoms with E-state index >= 15 is 0 Å². The van der Waals surface area contributed by atoms with Gasteiger partial charge in [-0.05, 0) is 7.05 Å². The standard InChI is InChI=1S/C5H9NO4.2Na.2H/c1-6(2-4(7)8)3-5(9)10;;;;/h2-3H2,1H3,(H,7,8)(H,9,10);;;;. The molecule has 0 spiro atoms. The first-order chi connectivity index (χ1) is 4.52. The number of carbonyl (C=O) groups is 2. The Hall–Kier alpha value is 0.900. The number of carboxylic acids is 2. The molecule has 0 unspecified atom stereocenters. The maximum atomic E-state index is 9.96. The summed E-state index contributed by atoms with van der Waals surface area (Å²) in [6.07, 6.45) is 0. The Bertz CT molecular complexity index is 136. The molecule has 0 saturated heterocycles. The SMILES string of the molecule is CN(CC(=O)O)CC(=O)O.[NaH].[NaH]. The van der Waals surface area contributed by atoms with E-state index in [1.807, 2.05) is 0 Å². The second kappa shape index (κ2) is 9.98. The summed E-state index contributed by atoms with van der Waals surface area (Å²) in [5.74, 6) is -2.05. The van der Waals surface area contributed by atoms with E-state index in [-0.39, 0.29) is 72.2 Å². The van der Waals surface area contributed by atoms with Gasteiger partial charge in [-0.15, -0.1) is 0 Å². The molecule has 0 fully saturated rings. The Morgan fingerprint density at radius 3 is 1.50 bits per heavy atom. The summed E-state index contributed by atoms with van der Waals surface area (Å²) in [4.78, 5) is 21.1. The van der Waals surface area contributed by atoms with Gasteiger partial charge in [0.2, 0.25) is 0 Å². The van der Waals surface area contributed by atoms with E-state index in [4.69, 9.17) is 10.2 Å². The Kier molecular flexibility index (Phi) is 15.5. The van der Waals surface area contributed by atoms with Gasteiger partial charge in [0.1, 0.15) is 0 Å². The molecule has 62 valence electrons. The van der Waals surface area contributed by atoms with Crippen LogP contribution in [0.1, 0.15) is 0 Å². The Balaban J connectivity index is -0.000000405. The fourth-order valence-electron chi connectivity index (χ4n) is 0.518. The molecule has 0 rings (SSSR count). The minimum atomic E-state index is -1.02. The molecule has 2 N–H and O–H groups in total. The maximum absolute atomic E-state index is 9.96. The van der Waals surface area contributed by atoms with Gasteiger partial charge in [-0.2, -0.15) is 0 Å². The van der Waals surface area contributed by atoms with Crippen LogP contribution in [0.5, 0.6) is 0 Å². The van der Waals surface area contributed by atoms with Gasteiger partial charge in [-0.25, -0.2) is 0 Å². The first-order valence-corrected chi connectivity index (χ1v) is 2.64. The fraction of sp³-hybridized carbons (Fsp3) is 0.600. The molecule has 0 aromatic carbocycles. The zero-order valence-electron chi connectivity index (χ0n) is 5.57. The van der Waals surface area contributed by atoms with Crippen molar-refractivity contribution >= 4 is 71.1 Å². The average molecular weight is 195 g/mol. The van der Waals surface area contributed by atoms with Crippen LogP contribution < -0.4 is 0 Å². The summed E-state index contributed by atoms with van der Waals surface area (Å²) in [7, 11) is 1.43. The zero-order chi connectivity index (χ0) is 8.15. The fourth-order valence-corrected chi connectivity index (χ4v) is 0.518. The van der Waals surface area contributed by atoms with Gasteiger partial charge in [-0.3, -0.25) is 14.5 Å². The number of nitrogens with zero attached hydrogens (tertiary/aromatic N) is 1. The predicted octanol–water partition coefficient (Wildman–Crippen LogP) is -2.21. The van der Waals surface area contributed by atoms with Crippen LogP contribution in [-0.2, 0) is 9.59 Å². The number of aliphatic carboxylic acids is 2. The molecule has 7 heteroatoms. The van der Waals surface area contributed by atoms with Gasteiger partial charge in [-0.1, -0.05) is 0 Å². The third-order valence-electron chi connectivity index (χ3n) is 0.810. The van der Waals surface area contributed by atoms with Crippen molar-refractivity contribution in [2.24, 2.45) is 0 Å². The molecule has 0 aliphatic rings. The van der Waals surface area contributed by atoms with Gasteiger partial charge in [0.25, 0.3) is 0 Å². The molecule has 0 aliphatic carbocycles. The van der Waals surface area contributed by atoms with Crippen LogP contribution in [0.25, 0.3) is 0 Å². The molecule has 0 amide bonds. The van der Waals surface area contributed by atoms with Crippen molar-refractivity contribution in [3.05, 3.63) is 0 Å². The van der Waals surface area contributed by atoms with E-state index in [1.165, 1.54) is 11.9 Å². The summed E-state index contributed by atoms with van der Waals surface area (Å²) in [5, 5.41) is 16.3. The number of rotatable bonds is 4. The Morgan fingerprint density at radius 1 is 1.08 bits per heavy atom. The van der Waals surface area contributed by atoms with Gasteiger partial charge in [0.15, 0.2) is 0 Å². The molecule has 0 saturated carbocycles. The van der Waals surface area contributed by atoms with Crippen molar-refractivity contribution in [1.82, 2.24) is 4.90 Å². The van der Waals surface area contributed by atoms with E-state index in [9.17, 15) is 9.59 Å². The quantitative estimate of drug-likeness (QED) is 0.497. The normalized spacial score (nSPS) is 8.17. The second-order valence-corrected chi connectivity index (χ2v) is 1.96. The van der Waals surface area contributed by atoms with Crippen LogP contribution in [0.3, 0.4) is 0 Å². The number of likely N-dealkylation sites (N-methyl/N-ethyl adjacent to an activating group) is 1. The van der Waals surface area contributed by atoms with Crippen molar-refractivity contribution in [2.45, 2.75) is 0 Å². The van der Waals surface area contributed by atoms with Gasteiger partial charge < -0.3 is 10.2 Å². The minimum absolute atomic E-state index is 0. The van der Waals surface area contributed by atoms with Crippen LogP contribution in [-0.4, -0.2) is 106 Å². The van der Waals surface area contributed by atoms with E-state index in [0.717, 1.165) is 0 Å². The Labute approximate surface area is 115 Å². The van der Waals surface area contributed by atoms with Crippen LogP contribution in [0.2, 0.25) is 0 Å². The number of hydrogen-bond acceptors (Lipinski definition) is 3. The van der Waals surface area contributed by atoms with Gasteiger partial charge in [0.05, 0.1) is 13.1 Å². The number of carboxylic acid groups (broad SMARTS) is 2. The van der Waals surface area contributed by atoms with Crippen molar-refractivity contribution in [2.75, 3.05) is 20.1 Å². The van der Waals surface area contributed by atoms with E-state index in [2.05, 4.69) is 0 Å². The summed E-state index contributed by atoms with van der Waals surface area (Å²) >= 11 is 0. The van der Waals surface area contributed by atoms with Crippen LogP contribution >= 0.6 is 0 Å². The Morgan fingerprint density at radius 2 is 1.33 bits per heavy atom. The topological polar surface area (TPSA) is 77.8 Å². The zero-order valence-corrected chi connectivity index (χ0v) is 5.57. The average Bonchev–Trinajstić information content (AvgIpc) is 1.58. The van der Waals surface area contributed by atoms with Gasteiger partial charge >= 0.3 is 71.1 Å². The molecule has 0 atom stereocenters. The molecule has 5 nitrogen and oxygen atoms in total. The van der Waals surface area contributed by atoms with Crippen LogP contribution in [0, 0.1) is 0 Å². The molecule has 0 aromatic rings. The van der Waals surface area contributed by atoms with Crippen molar-refractivity contribution in [3.8, 4) is 0 Å². The summed E-state index contributed by atoms with van der Waals surface area (Å²) in [6, 6.07) is 0. The third-order valence-corrected chi connectivity index (χ3v) is 0.810. The van der Waals surface area contributed by atoms with Crippen molar-refractivity contribution in [1.29, 1.82) is 0 Å². The predicted molar refractivity (Wildman–Crippen MR) is 47.1 cm³/mol. The molecule has 0 heterocycles. The van der Waals surface area contributed by atoms with Crippen molar-refractivity contribution < 1.29 is 19.8 Å². The summed E-state index contributed by atoms with van der Waals surface area (Å²) in [5.41, 5.74) is 0. The van der Waals surface area contributed by atoms with E-state index in [0.29, 0.717) is 0 Å². The first kappa shape index (κ1) is 18.6. The van der Waals surface area contributed by atoms with E-state index in [1.54, 1.807) is 0 Å². The monoisotopic (exact) mass is 195 g/mol. The molecule has 0 aliphatic heterocycles. The second-order valence-electron chi connectivity index (χ2n) is 1.96. The number of hydrogen-bond donors (Lipinski definition) is 2. The summed E-state index contributed by atoms with van der Waals surface area (Å²) in [6.45, 7) is -0.488. The summed E-state index contributed by atoms with van der Waals surface area (Å²) < 4.78 is 0. The van der Waals surface area contributed by atoms with E-state index < -0.39 is 11.9 Å². The molecular formula is C5H11NNa2O4. The van der Waals surface area contributed by atoms with Crippen LogP contribution in [0.4, 0.5) is 0 Å². The molecule has 0 bridgehead atoms. The first-order valence-electron chi connectivity index (χ1n) is 2.64. The van der Waals surface area contributed by atoms with Crippen LogP contribution in [0.15, 0.2) is 0 Å². The molecule has 12 heavy (non-hydrogen) atoms. The third kappa shape index (κ3) is 13.5. The van der Waals surface area contributed by atoms with Crippen molar-refractivity contribution in [3.63, 3.8) is 0 Å². The molecule has 0 aromatic heterocycles. The molecular weight excluding hydrogens is 184 g/mol. The molecule has 0 radical (unpaired) electrons. The van der Waals surface area contributed by atoms with Gasteiger partial charge in [0, 0.05) is 0 Å².